The Labute approximate surface area is 174 Å². The maximum absolute atomic E-state index is 5.44. The van der Waals surface area contributed by atoms with Crippen LogP contribution in [0.3, 0.4) is 0 Å². The van der Waals surface area contributed by atoms with Gasteiger partial charge in [0.05, 0.1) is 12.2 Å². The van der Waals surface area contributed by atoms with E-state index in [1.165, 1.54) is 11.1 Å². The van der Waals surface area contributed by atoms with Crippen LogP contribution in [0.2, 0.25) is 0 Å². The van der Waals surface area contributed by atoms with Crippen molar-refractivity contribution in [2.75, 3.05) is 13.6 Å². The molecule has 144 valence electrons. The molecule has 5 nitrogen and oxygen atoms in total. The van der Waals surface area contributed by atoms with Gasteiger partial charge in [-0.25, -0.2) is 0 Å². The third-order valence-electron chi connectivity index (χ3n) is 4.42. The van der Waals surface area contributed by atoms with E-state index >= 15 is 0 Å². The van der Waals surface area contributed by atoms with Gasteiger partial charge in [0.25, 0.3) is 0 Å². The Morgan fingerprint density at radius 2 is 1.96 bits per heavy atom. The summed E-state index contributed by atoms with van der Waals surface area (Å²) in [6, 6.07) is 10.6. The Balaban J connectivity index is 0.00000338. The van der Waals surface area contributed by atoms with Crippen molar-refractivity contribution in [2.45, 2.75) is 52.5 Å². The van der Waals surface area contributed by atoms with Crippen molar-refractivity contribution in [3.63, 3.8) is 0 Å². The summed E-state index contributed by atoms with van der Waals surface area (Å²) in [5, 5.41) is 10.8. The molecule has 0 aliphatic carbocycles. The molecular formula is C20H31IN4O. The van der Waals surface area contributed by atoms with E-state index in [2.05, 4.69) is 65.8 Å². The average molecular weight is 470 g/mol. The minimum absolute atomic E-state index is 0. The minimum Gasteiger partial charge on any atom is -0.359 e. The summed E-state index contributed by atoms with van der Waals surface area (Å²) in [6.45, 7) is 7.89. The smallest absolute Gasteiger partial charge is 0.191 e. The summed E-state index contributed by atoms with van der Waals surface area (Å²) in [5.41, 5.74) is 3.66. The zero-order valence-electron chi connectivity index (χ0n) is 16.2. The molecule has 1 aromatic heterocycles. The Kier molecular flexibility index (Phi) is 10.3. The van der Waals surface area contributed by atoms with Gasteiger partial charge >= 0.3 is 0 Å². The summed E-state index contributed by atoms with van der Waals surface area (Å²) in [6.07, 6.45) is 3.12. The van der Waals surface area contributed by atoms with Gasteiger partial charge in [0, 0.05) is 25.6 Å². The number of aliphatic imine (C=N–C) groups is 1. The first kappa shape index (κ1) is 22.5. The molecular weight excluding hydrogens is 439 g/mol. The average Bonchev–Trinajstić information content (AvgIpc) is 3.08. The molecule has 0 bridgehead atoms. The zero-order chi connectivity index (χ0) is 18.1. The molecule has 0 atom stereocenters. The lowest BCUT2D eigenvalue weighted by Gasteiger charge is -2.11. The summed E-state index contributed by atoms with van der Waals surface area (Å²) < 4.78 is 5.44. The predicted octanol–water partition coefficient (Wildman–Crippen LogP) is 4.41. The maximum atomic E-state index is 5.44. The molecule has 26 heavy (non-hydrogen) atoms. The van der Waals surface area contributed by atoms with Crippen LogP contribution in [0.15, 0.2) is 39.8 Å². The van der Waals surface area contributed by atoms with Gasteiger partial charge in [0.15, 0.2) is 11.7 Å². The Morgan fingerprint density at radius 1 is 1.19 bits per heavy atom. The van der Waals surface area contributed by atoms with Crippen molar-refractivity contribution >= 4 is 29.9 Å². The van der Waals surface area contributed by atoms with Crippen molar-refractivity contribution in [1.82, 2.24) is 15.8 Å². The maximum Gasteiger partial charge on any atom is 0.191 e. The molecule has 1 aromatic carbocycles. The molecule has 2 aromatic rings. The molecule has 2 N–H and O–H groups in total. The van der Waals surface area contributed by atoms with E-state index in [4.69, 9.17) is 4.52 Å². The predicted molar refractivity (Wildman–Crippen MR) is 118 cm³/mol. The highest BCUT2D eigenvalue weighted by molar-refractivity contribution is 14.0. The zero-order valence-corrected chi connectivity index (χ0v) is 18.5. The SMILES string of the molecule is CCC(CC)c1cc(CNC(=NC)NCCc2cccc(C)c2)on1.I. The lowest BCUT2D eigenvalue weighted by molar-refractivity contribution is 0.368. The highest BCUT2D eigenvalue weighted by atomic mass is 127. The number of aryl methyl sites for hydroxylation is 1. The second kappa shape index (κ2) is 11.9. The van der Waals surface area contributed by atoms with Gasteiger partial charge in [-0.05, 0) is 31.7 Å². The number of hydrogen-bond acceptors (Lipinski definition) is 3. The molecule has 0 aliphatic heterocycles. The van der Waals surface area contributed by atoms with Crippen LogP contribution in [-0.4, -0.2) is 24.7 Å². The minimum atomic E-state index is 0. The number of nitrogens with one attached hydrogen (secondary N) is 2. The van der Waals surface area contributed by atoms with Gasteiger partial charge in [0.2, 0.25) is 0 Å². The van der Waals surface area contributed by atoms with Crippen molar-refractivity contribution in [2.24, 2.45) is 4.99 Å². The number of benzene rings is 1. The van der Waals surface area contributed by atoms with Crippen LogP contribution in [0.1, 0.15) is 55.2 Å². The molecule has 0 amide bonds. The topological polar surface area (TPSA) is 62.5 Å². The second-order valence-electron chi connectivity index (χ2n) is 6.32. The molecule has 0 saturated carbocycles. The van der Waals surface area contributed by atoms with E-state index in [-0.39, 0.29) is 24.0 Å². The van der Waals surface area contributed by atoms with Crippen molar-refractivity contribution in [3.8, 4) is 0 Å². The summed E-state index contributed by atoms with van der Waals surface area (Å²) in [5.74, 6) is 2.08. The lowest BCUT2D eigenvalue weighted by Crippen LogP contribution is -2.37. The Morgan fingerprint density at radius 3 is 2.62 bits per heavy atom. The van der Waals surface area contributed by atoms with E-state index in [0.29, 0.717) is 12.5 Å². The van der Waals surface area contributed by atoms with E-state index in [1.807, 2.05) is 6.07 Å². The number of guanidine groups is 1. The molecule has 6 heteroatoms. The number of halogens is 1. The molecule has 0 fully saturated rings. The quantitative estimate of drug-likeness (QED) is 0.341. The van der Waals surface area contributed by atoms with Gasteiger partial charge in [-0.1, -0.05) is 48.8 Å². The monoisotopic (exact) mass is 470 g/mol. The van der Waals surface area contributed by atoms with E-state index in [0.717, 1.165) is 43.2 Å². The number of nitrogens with zero attached hydrogens (tertiary/aromatic N) is 2. The van der Waals surface area contributed by atoms with Crippen molar-refractivity contribution < 1.29 is 4.52 Å². The van der Waals surface area contributed by atoms with Crippen LogP contribution < -0.4 is 10.6 Å². The lowest BCUT2D eigenvalue weighted by atomic mass is 9.99. The molecule has 0 spiro atoms. The molecule has 1 heterocycles. The fraction of sp³-hybridized carbons (Fsp3) is 0.500. The third kappa shape index (κ3) is 6.97. The van der Waals surface area contributed by atoms with Crippen LogP contribution in [0.4, 0.5) is 0 Å². The number of aromatic nitrogens is 1. The van der Waals surface area contributed by atoms with E-state index in [1.54, 1.807) is 7.05 Å². The molecule has 0 radical (unpaired) electrons. The van der Waals surface area contributed by atoms with Crippen LogP contribution in [0.5, 0.6) is 0 Å². The van der Waals surface area contributed by atoms with Crippen LogP contribution >= 0.6 is 24.0 Å². The van der Waals surface area contributed by atoms with Crippen molar-refractivity contribution in [3.05, 3.63) is 52.9 Å². The molecule has 0 aliphatic rings. The summed E-state index contributed by atoms with van der Waals surface area (Å²) >= 11 is 0. The van der Waals surface area contributed by atoms with Gasteiger partial charge in [-0.15, -0.1) is 24.0 Å². The Bertz CT molecular complexity index is 680. The normalized spacial score (nSPS) is 11.3. The highest BCUT2D eigenvalue weighted by Crippen LogP contribution is 2.22. The van der Waals surface area contributed by atoms with E-state index < -0.39 is 0 Å². The second-order valence-corrected chi connectivity index (χ2v) is 6.32. The van der Waals surface area contributed by atoms with Gasteiger partial charge < -0.3 is 15.2 Å². The van der Waals surface area contributed by atoms with Gasteiger partial charge in [-0.3, -0.25) is 4.99 Å². The van der Waals surface area contributed by atoms with Gasteiger partial charge in [0.1, 0.15) is 0 Å². The first-order chi connectivity index (χ1) is 12.2. The van der Waals surface area contributed by atoms with Crippen LogP contribution in [-0.2, 0) is 13.0 Å². The molecule has 2 rings (SSSR count). The standard InChI is InChI=1S/C20H30N4O.HI/c1-5-17(6-2)19-13-18(25-24-19)14-23-20(21-4)22-11-10-16-9-7-8-15(3)12-16;/h7-9,12-13,17H,5-6,10-11,14H2,1-4H3,(H2,21,22,23);1H. The Hall–Kier alpha value is -1.57. The molecule has 0 saturated heterocycles. The third-order valence-corrected chi connectivity index (χ3v) is 4.42. The summed E-state index contributed by atoms with van der Waals surface area (Å²) in [7, 11) is 1.78. The largest absolute Gasteiger partial charge is 0.359 e. The van der Waals surface area contributed by atoms with E-state index in [9.17, 15) is 0 Å². The van der Waals surface area contributed by atoms with Crippen molar-refractivity contribution in [1.29, 1.82) is 0 Å². The summed E-state index contributed by atoms with van der Waals surface area (Å²) in [4.78, 5) is 4.26. The fourth-order valence-electron chi connectivity index (χ4n) is 2.90. The highest BCUT2D eigenvalue weighted by Gasteiger charge is 2.13. The number of rotatable bonds is 8. The molecule has 0 unspecified atom stereocenters. The first-order valence-electron chi connectivity index (χ1n) is 9.11. The number of hydrogen-bond donors (Lipinski definition) is 2. The van der Waals surface area contributed by atoms with Gasteiger partial charge in [-0.2, -0.15) is 0 Å². The van der Waals surface area contributed by atoms with Crippen LogP contribution in [0, 0.1) is 6.92 Å². The fourth-order valence-corrected chi connectivity index (χ4v) is 2.90. The first-order valence-corrected chi connectivity index (χ1v) is 9.11. The van der Waals surface area contributed by atoms with Crippen LogP contribution in [0.25, 0.3) is 0 Å².